The lowest BCUT2D eigenvalue weighted by Crippen LogP contribution is -2.27. The van der Waals surface area contributed by atoms with Crippen molar-refractivity contribution in [3.8, 4) is 0 Å². The minimum atomic E-state index is 0.785. The van der Waals surface area contributed by atoms with Gasteiger partial charge < -0.3 is 5.32 Å². The molecule has 1 fully saturated rings. The van der Waals surface area contributed by atoms with Gasteiger partial charge in [-0.15, -0.1) is 0 Å². The van der Waals surface area contributed by atoms with E-state index in [2.05, 4.69) is 19.3 Å². The first-order valence-electron chi connectivity index (χ1n) is 7.04. The van der Waals surface area contributed by atoms with Gasteiger partial charge in [-0.1, -0.05) is 58.3 Å². The highest BCUT2D eigenvalue weighted by atomic mass is 14.9. The van der Waals surface area contributed by atoms with E-state index in [4.69, 9.17) is 0 Å². The summed E-state index contributed by atoms with van der Waals surface area (Å²) in [6.07, 6.45) is 14.4. The molecule has 0 aliphatic heterocycles. The molecule has 1 saturated carbocycles. The van der Waals surface area contributed by atoms with E-state index in [0.29, 0.717) is 0 Å². The van der Waals surface area contributed by atoms with Crippen LogP contribution in [0.5, 0.6) is 0 Å². The Morgan fingerprint density at radius 3 is 2.33 bits per heavy atom. The molecule has 1 nitrogen and oxygen atoms in total. The van der Waals surface area contributed by atoms with Gasteiger partial charge in [0.2, 0.25) is 0 Å². The van der Waals surface area contributed by atoms with Gasteiger partial charge in [0.1, 0.15) is 0 Å². The molecule has 1 rings (SSSR count). The van der Waals surface area contributed by atoms with Gasteiger partial charge >= 0.3 is 0 Å². The summed E-state index contributed by atoms with van der Waals surface area (Å²) < 4.78 is 0. The molecule has 1 aliphatic rings. The zero-order chi connectivity index (χ0) is 10.9. The molecule has 0 saturated heterocycles. The summed E-state index contributed by atoms with van der Waals surface area (Å²) in [4.78, 5) is 0. The molecule has 0 radical (unpaired) electrons. The summed E-state index contributed by atoms with van der Waals surface area (Å²) in [5.41, 5.74) is 0. The van der Waals surface area contributed by atoms with Crippen LogP contribution < -0.4 is 5.32 Å². The van der Waals surface area contributed by atoms with Crippen molar-refractivity contribution in [2.75, 3.05) is 7.05 Å². The van der Waals surface area contributed by atoms with E-state index >= 15 is 0 Å². The van der Waals surface area contributed by atoms with Crippen LogP contribution in [0.2, 0.25) is 0 Å². The van der Waals surface area contributed by atoms with Gasteiger partial charge in [0.05, 0.1) is 0 Å². The second-order valence-electron chi connectivity index (χ2n) is 5.22. The Labute approximate surface area is 96.0 Å². The Kier molecular flexibility index (Phi) is 7.08. The first kappa shape index (κ1) is 13.0. The fraction of sp³-hybridized carbons (Fsp3) is 1.00. The average molecular weight is 211 g/mol. The first-order chi connectivity index (χ1) is 7.36. The average Bonchev–Trinajstić information content (AvgIpc) is 2.52. The van der Waals surface area contributed by atoms with Crippen LogP contribution in [0.1, 0.15) is 71.1 Å². The third-order valence-electron chi connectivity index (χ3n) is 3.91. The minimum absolute atomic E-state index is 0.785. The summed E-state index contributed by atoms with van der Waals surface area (Å²) in [6.45, 7) is 2.29. The first-order valence-corrected chi connectivity index (χ1v) is 7.04. The predicted octanol–water partition coefficient (Wildman–Crippen LogP) is 4.13. The second kappa shape index (κ2) is 8.15. The molecule has 15 heavy (non-hydrogen) atoms. The van der Waals surface area contributed by atoms with E-state index in [1.807, 2.05) is 0 Å². The minimum Gasteiger partial charge on any atom is -0.317 e. The maximum Gasteiger partial charge on any atom is 0.00667 e. The van der Waals surface area contributed by atoms with Crippen molar-refractivity contribution >= 4 is 0 Å². The maximum atomic E-state index is 3.50. The number of nitrogens with one attached hydrogen (secondary N) is 1. The van der Waals surface area contributed by atoms with Crippen LogP contribution in [0, 0.1) is 5.92 Å². The van der Waals surface area contributed by atoms with Crippen molar-refractivity contribution in [1.82, 2.24) is 5.32 Å². The third kappa shape index (κ3) is 5.55. The largest absolute Gasteiger partial charge is 0.317 e. The highest BCUT2D eigenvalue weighted by molar-refractivity contribution is 4.72. The van der Waals surface area contributed by atoms with Crippen LogP contribution in [0.3, 0.4) is 0 Å². The lowest BCUT2D eigenvalue weighted by Gasteiger charge is -2.22. The highest BCUT2D eigenvalue weighted by Gasteiger charge is 2.16. The van der Waals surface area contributed by atoms with Gasteiger partial charge in [0.25, 0.3) is 0 Å². The highest BCUT2D eigenvalue weighted by Crippen LogP contribution is 2.27. The molecule has 90 valence electrons. The molecular formula is C14H29N. The Morgan fingerprint density at radius 1 is 1.13 bits per heavy atom. The van der Waals surface area contributed by atoms with Gasteiger partial charge in [-0.3, -0.25) is 0 Å². The molecule has 0 aromatic rings. The fourth-order valence-corrected chi connectivity index (χ4v) is 2.83. The molecule has 0 heterocycles. The van der Waals surface area contributed by atoms with Crippen LogP contribution in [-0.2, 0) is 0 Å². The third-order valence-corrected chi connectivity index (χ3v) is 3.91. The van der Waals surface area contributed by atoms with Crippen molar-refractivity contribution in [2.45, 2.75) is 77.2 Å². The second-order valence-corrected chi connectivity index (χ2v) is 5.22. The lowest BCUT2D eigenvalue weighted by atomic mass is 9.90. The number of hydrogen-bond acceptors (Lipinski definition) is 1. The van der Waals surface area contributed by atoms with E-state index in [0.717, 1.165) is 12.0 Å². The molecule has 0 aromatic heterocycles. The molecule has 1 unspecified atom stereocenters. The zero-order valence-electron chi connectivity index (χ0n) is 10.7. The topological polar surface area (TPSA) is 12.0 Å². The van der Waals surface area contributed by atoms with Gasteiger partial charge in [0.15, 0.2) is 0 Å². The molecule has 0 bridgehead atoms. The zero-order valence-corrected chi connectivity index (χ0v) is 10.7. The Bertz CT molecular complexity index is 136. The van der Waals surface area contributed by atoms with Crippen LogP contribution in [-0.4, -0.2) is 13.1 Å². The predicted molar refractivity (Wildman–Crippen MR) is 68.2 cm³/mol. The van der Waals surface area contributed by atoms with Gasteiger partial charge in [-0.05, 0) is 25.8 Å². The van der Waals surface area contributed by atoms with Gasteiger partial charge in [-0.25, -0.2) is 0 Å². The normalized spacial score (nSPS) is 21.2. The molecule has 0 spiro atoms. The summed E-state index contributed by atoms with van der Waals surface area (Å²) in [7, 11) is 2.14. The van der Waals surface area contributed by atoms with Crippen molar-refractivity contribution in [2.24, 2.45) is 5.92 Å². The van der Waals surface area contributed by atoms with E-state index < -0.39 is 0 Å². The molecule has 1 atom stereocenters. The summed E-state index contributed by atoms with van der Waals surface area (Å²) in [5.74, 6) is 1.02. The Balaban J connectivity index is 2.22. The quantitative estimate of drug-likeness (QED) is 0.652. The standard InChI is InChI=1S/C14H29N/c1-3-4-11-14(15-2)12-13-9-7-5-6-8-10-13/h13-15H,3-12H2,1-2H3. The van der Waals surface area contributed by atoms with Crippen molar-refractivity contribution < 1.29 is 0 Å². The molecule has 1 heteroatoms. The number of hydrogen-bond donors (Lipinski definition) is 1. The van der Waals surface area contributed by atoms with Crippen LogP contribution in [0.15, 0.2) is 0 Å². The monoisotopic (exact) mass is 211 g/mol. The van der Waals surface area contributed by atoms with E-state index in [1.54, 1.807) is 0 Å². The van der Waals surface area contributed by atoms with Crippen molar-refractivity contribution in [3.05, 3.63) is 0 Å². The van der Waals surface area contributed by atoms with Crippen LogP contribution in [0.25, 0.3) is 0 Å². The molecule has 0 amide bonds. The van der Waals surface area contributed by atoms with Gasteiger partial charge in [0, 0.05) is 6.04 Å². The summed E-state index contributed by atoms with van der Waals surface area (Å²) in [6, 6.07) is 0.785. The van der Waals surface area contributed by atoms with E-state index in [1.165, 1.54) is 64.2 Å². The molecule has 1 N–H and O–H groups in total. The van der Waals surface area contributed by atoms with Crippen LogP contribution >= 0.6 is 0 Å². The number of rotatable bonds is 6. The molecule has 0 aromatic carbocycles. The van der Waals surface area contributed by atoms with Crippen molar-refractivity contribution in [3.63, 3.8) is 0 Å². The van der Waals surface area contributed by atoms with E-state index in [-0.39, 0.29) is 0 Å². The van der Waals surface area contributed by atoms with Crippen LogP contribution in [0.4, 0.5) is 0 Å². The summed E-state index contributed by atoms with van der Waals surface area (Å²) >= 11 is 0. The van der Waals surface area contributed by atoms with Gasteiger partial charge in [-0.2, -0.15) is 0 Å². The fourth-order valence-electron chi connectivity index (χ4n) is 2.83. The smallest absolute Gasteiger partial charge is 0.00667 e. The molecular weight excluding hydrogens is 182 g/mol. The SMILES string of the molecule is CCCCC(CC1CCCCCC1)NC. The Morgan fingerprint density at radius 2 is 1.80 bits per heavy atom. The lowest BCUT2D eigenvalue weighted by molar-refractivity contribution is 0.346. The van der Waals surface area contributed by atoms with Crippen molar-refractivity contribution in [1.29, 1.82) is 0 Å². The van der Waals surface area contributed by atoms with E-state index in [9.17, 15) is 0 Å². The Hall–Kier alpha value is -0.0400. The summed E-state index contributed by atoms with van der Waals surface area (Å²) in [5, 5.41) is 3.50. The molecule has 1 aliphatic carbocycles. The number of unbranched alkanes of at least 4 members (excludes halogenated alkanes) is 1. The maximum absolute atomic E-state index is 3.50.